The average molecular weight is 166 g/mol. The molecule has 1 nitrogen and oxygen atoms in total. The summed E-state index contributed by atoms with van der Waals surface area (Å²) in [5, 5.41) is 0. The van der Waals surface area contributed by atoms with Crippen LogP contribution in [0.1, 0.15) is 46.0 Å². The maximum atomic E-state index is 5.26. The van der Waals surface area contributed by atoms with Crippen molar-refractivity contribution in [1.82, 2.24) is 0 Å². The van der Waals surface area contributed by atoms with E-state index in [0.29, 0.717) is 0 Å². The highest BCUT2D eigenvalue weighted by Gasteiger charge is 2.37. The SMILES string of the molecule is CCCCC#CCCC1(C)CO1. The van der Waals surface area contributed by atoms with Crippen molar-refractivity contribution >= 4 is 0 Å². The fourth-order valence-corrected chi connectivity index (χ4v) is 1.04. The third kappa shape index (κ3) is 3.78. The van der Waals surface area contributed by atoms with Gasteiger partial charge in [-0.2, -0.15) is 0 Å². The monoisotopic (exact) mass is 166 g/mol. The molecule has 0 aromatic rings. The molecule has 1 fully saturated rings. The van der Waals surface area contributed by atoms with Crippen molar-refractivity contribution in [3.05, 3.63) is 0 Å². The number of rotatable bonds is 4. The first-order valence-electron chi connectivity index (χ1n) is 4.86. The molecule has 0 saturated carbocycles. The lowest BCUT2D eigenvalue weighted by molar-refractivity contribution is 0.311. The van der Waals surface area contributed by atoms with Crippen LogP contribution in [0.5, 0.6) is 0 Å². The molecule has 0 aromatic heterocycles. The Kier molecular flexibility index (Phi) is 3.62. The summed E-state index contributed by atoms with van der Waals surface area (Å²) < 4.78 is 5.26. The van der Waals surface area contributed by atoms with E-state index >= 15 is 0 Å². The highest BCUT2D eigenvalue weighted by molar-refractivity contribution is 5.01. The molecule has 0 N–H and O–H groups in total. The van der Waals surface area contributed by atoms with E-state index in [1.807, 2.05) is 0 Å². The Balaban J connectivity index is 1.96. The van der Waals surface area contributed by atoms with E-state index in [2.05, 4.69) is 25.7 Å². The maximum Gasteiger partial charge on any atom is 0.0897 e. The molecule has 1 atom stereocenters. The van der Waals surface area contributed by atoms with Gasteiger partial charge in [0.1, 0.15) is 0 Å². The fraction of sp³-hybridized carbons (Fsp3) is 0.818. The minimum atomic E-state index is 0.194. The second-order valence-electron chi connectivity index (χ2n) is 3.70. The predicted octanol–water partition coefficient (Wildman–Crippen LogP) is 2.75. The normalized spacial score (nSPS) is 26.2. The molecule has 68 valence electrons. The van der Waals surface area contributed by atoms with E-state index in [4.69, 9.17) is 4.74 Å². The van der Waals surface area contributed by atoms with Gasteiger partial charge in [0.15, 0.2) is 0 Å². The van der Waals surface area contributed by atoms with E-state index in [1.54, 1.807) is 0 Å². The van der Waals surface area contributed by atoms with Gasteiger partial charge in [0.2, 0.25) is 0 Å². The smallest absolute Gasteiger partial charge is 0.0897 e. The molecule has 0 amide bonds. The third-order valence-corrected chi connectivity index (χ3v) is 2.20. The van der Waals surface area contributed by atoms with Crippen molar-refractivity contribution < 1.29 is 4.74 Å². The van der Waals surface area contributed by atoms with Gasteiger partial charge < -0.3 is 4.74 Å². The number of unbranched alkanes of at least 4 members (excludes halogenated alkanes) is 2. The summed E-state index contributed by atoms with van der Waals surface area (Å²) in [6.07, 6.45) is 5.65. The molecule has 12 heavy (non-hydrogen) atoms. The summed E-state index contributed by atoms with van der Waals surface area (Å²) in [6.45, 7) is 5.28. The number of ether oxygens (including phenoxy) is 1. The van der Waals surface area contributed by atoms with Crippen LogP contribution in [0.4, 0.5) is 0 Å². The predicted molar refractivity (Wildman–Crippen MR) is 50.9 cm³/mol. The van der Waals surface area contributed by atoms with E-state index in [0.717, 1.165) is 25.9 Å². The van der Waals surface area contributed by atoms with Gasteiger partial charge in [0, 0.05) is 12.8 Å². The van der Waals surface area contributed by atoms with Gasteiger partial charge in [0.05, 0.1) is 12.2 Å². The van der Waals surface area contributed by atoms with Gasteiger partial charge in [-0.3, -0.25) is 0 Å². The Labute approximate surface area is 75.5 Å². The van der Waals surface area contributed by atoms with Crippen LogP contribution in [0.15, 0.2) is 0 Å². The molecule has 1 saturated heterocycles. The van der Waals surface area contributed by atoms with Gasteiger partial charge in [-0.25, -0.2) is 0 Å². The van der Waals surface area contributed by atoms with Crippen molar-refractivity contribution in [3.63, 3.8) is 0 Å². The molecule has 0 spiro atoms. The molecule has 1 aliphatic rings. The number of epoxide rings is 1. The van der Waals surface area contributed by atoms with Gasteiger partial charge in [-0.15, -0.1) is 11.8 Å². The highest BCUT2D eigenvalue weighted by Crippen LogP contribution is 2.30. The molecule has 0 aromatic carbocycles. The Hall–Kier alpha value is -0.480. The first-order chi connectivity index (χ1) is 5.77. The van der Waals surface area contributed by atoms with Crippen molar-refractivity contribution in [3.8, 4) is 11.8 Å². The molecule has 1 unspecified atom stereocenters. The van der Waals surface area contributed by atoms with Gasteiger partial charge >= 0.3 is 0 Å². The van der Waals surface area contributed by atoms with Crippen molar-refractivity contribution in [1.29, 1.82) is 0 Å². The summed E-state index contributed by atoms with van der Waals surface area (Å²) in [7, 11) is 0. The summed E-state index contributed by atoms with van der Waals surface area (Å²) >= 11 is 0. The van der Waals surface area contributed by atoms with E-state index < -0.39 is 0 Å². The molecule has 0 radical (unpaired) electrons. The van der Waals surface area contributed by atoms with Gasteiger partial charge in [-0.1, -0.05) is 13.3 Å². The van der Waals surface area contributed by atoms with Gasteiger partial charge in [-0.05, 0) is 19.8 Å². The zero-order valence-corrected chi connectivity index (χ0v) is 8.15. The summed E-state index contributed by atoms with van der Waals surface area (Å²) in [5.74, 6) is 6.37. The molecular weight excluding hydrogens is 148 g/mol. The van der Waals surface area contributed by atoms with Crippen LogP contribution < -0.4 is 0 Å². The topological polar surface area (TPSA) is 12.5 Å². The van der Waals surface area contributed by atoms with E-state index in [-0.39, 0.29) is 5.60 Å². The minimum absolute atomic E-state index is 0.194. The Morgan fingerprint density at radius 2 is 2.00 bits per heavy atom. The van der Waals surface area contributed by atoms with E-state index in [1.165, 1.54) is 12.8 Å². The lowest BCUT2D eigenvalue weighted by Crippen LogP contribution is -2.01. The van der Waals surface area contributed by atoms with Crippen LogP contribution in [0.25, 0.3) is 0 Å². The second kappa shape index (κ2) is 4.52. The zero-order chi connectivity index (χ0) is 8.86. The summed E-state index contributed by atoms with van der Waals surface area (Å²) in [6, 6.07) is 0. The lowest BCUT2D eigenvalue weighted by atomic mass is 10.1. The van der Waals surface area contributed by atoms with Crippen molar-refractivity contribution in [2.75, 3.05) is 6.61 Å². The first-order valence-corrected chi connectivity index (χ1v) is 4.86. The largest absolute Gasteiger partial charge is 0.370 e. The molecule has 0 bridgehead atoms. The minimum Gasteiger partial charge on any atom is -0.370 e. The van der Waals surface area contributed by atoms with Crippen LogP contribution >= 0.6 is 0 Å². The van der Waals surface area contributed by atoms with Gasteiger partial charge in [0.25, 0.3) is 0 Å². The maximum absolute atomic E-state index is 5.26. The van der Waals surface area contributed by atoms with Crippen LogP contribution in [-0.4, -0.2) is 12.2 Å². The lowest BCUT2D eigenvalue weighted by Gasteiger charge is -1.97. The molecule has 0 aliphatic carbocycles. The van der Waals surface area contributed by atoms with Crippen LogP contribution in [0.3, 0.4) is 0 Å². The molecule has 1 rings (SSSR count). The van der Waals surface area contributed by atoms with Crippen molar-refractivity contribution in [2.24, 2.45) is 0 Å². The van der Waals surface area contributed by atoms with Crippen molar-refractivity contribution in [2.45, 2.75) is 51.6 Å². The molecule has 1 aliphatic heterocycles. The fourth-order valence-electron chi connectivity index (χ4n) is 1.04. The number of hydrogen-bond acceptors (Lipinski definition) is 1. The molecule has 1 heterocycles. The molecular formula is C11H18O. The average Bonchev–Trinajstić information content (AvgIpc) is 2.77. The first kappa shape index (κ1) is 9.61. The zero-order valence-electron chi connectivity index (χ0n) is 8.15. The van der Waals surface area contributed by atoms with E-state index in [9.17, 15) is 0 Å². The quantitative estimate of drug-likeness (QED) is 0.355. The van der Waals surface area contributed by atoms with Crippen LogP contribution in [-0.2, 0) is 4.74 Å². The molecule has 1 heteroatoms. The summed E-state index contributed by atoms with van der Waals surface area (Å²) in [4.78, 5) is 0. The summed E-state index contributed by atoms with van der Waals surface area (Å²) in [5.41, 5.74) is 0.194. The Bertz CT molecular complexity index is 181. The standard InChI is InChI=1S/C11H18O/c1-3-4-5-6-7-8-9-11(2)10-12-11/h3-5,8-10H2,1-2H3. The number of hydrogen-bond donors (Lipinski definition) is 0. The van der Waals surface area contributed by atoms with Crippen LogP contribution in [0.2, 0.25) is 0 Å². The highest BCUT2D eigenvalue weighted by atomic mass is 16.6. The second-order valence-corrected chi connectivity index (χ2v) is 3.70. The Morgan fingerprint density at radius 3 is 2.58 bits per heavy atom. The Morgan fingerprint density at radius 1 is 1.33 bits per heavy atom. The van der Waals surface area contributed by atoms with Crippen LogP contribution in [0, 0.1) is 11.8 Å². The third-order valence-electron chi connectivity index (χ3n) is 2.20.